The lowest BCUT2D eigenvalue weighted by Gasteiger charge is -2.30. The topological polar surface area (TPSA) is 41.5 Å². The largest absolute Gasteiger partial charge is 0.494 e. The summed E-state index contributed by atoms with van der Waals surface area (Å²) in [6.07, 6.45) is 2.16. The Kier molecular flexibility index (Phi) is 3.69. The zero-order valence-electron chi connectivity index (χ0n) is 10.6. The van der Waals surface area contributed by atoms with Gasteiger partial charge >= 0.3 is 0 Å². The summed E-state index contributed by atoms with van der Waals surface area (Å²) in [7, 11) is 0. The first-order chi connectivity index (χ1) is 8.14. The number of ether oxygens (including phenoxy) is 1. The summed E-state index contributed by atoms with van der Waals surface area (Å²) in [6.45, 7) is 5.51. The molecule has 0 radical (unpaired) electrons. The van der Waals surface area contributed by atoms with Gasteiger partial charge in [0.25, 0.3) is 0 Å². The van der Waals surface area contributed by atoms with E-state index in [4.69, 9.17) is 4.74 Å². The lowest BCUT2D eigenvalue weighted by molar-refractivity contribution is 0.0218. The minimum absolute atomic E-state index is 0.153. The minimum atomic E-state index is -0.804. The Morgan fingerprint density at radius 3 is 2.65 bits per heavy atom. The van der Waals surface area contributed by atoms with Crippen molar-refractivity contribution in [3.8, 4) is 5.75 Å². The maximum Gasteiger partial charge on any atom is 0.119 e. The molecule has 3 nitrogen and oxygen atoms in total. The van der Waals surface area contributed by atoms with Crippen molar-refractivity contribution in [3.63, 3.8) is 0 Å². The Balaban J connectivity index is 2.14. The third kappa shape index (κ3) is 2.61. The van der Waals surface area contributed by atoms with Crippen molar-refractivity contribution in [1.82, 2.24) is 5.32 Å². The Hall–Kier alpha value is -1.06. The molecule has 1 heterocycles. The quantitative estimate of drug-likeness (QED) is 0.839. The molecule has 3 heteroatoms. The van der Waals surface area contributed by atoms with Crippen LogP contribution in [0.3, 0.4) is 0 Å². The van der Waals surface area contributed by atoms with Gasteiger partial charge in [0.1, 0.15) is 11.4 Å². The standard InChI is InChI=1S/C14H21NO2/c1-3-17-12-8-6-11(7-9-12)14(2,16)13-5-4-10-15-13/h6-9,13,15-16H,3-5,10H2,1-2H3. The van der Waals surface area contributed by atoms with Crippen LogP contribution < -0.4 is 10.1 Å². The zero-order chi connectivity index (χ0) is 12.3. The smallest absolute Gasteiger partial charge is 0.119 e. The average Bonchev–Trinajstić information content (AvgIpc) is 2.84. The first kappa shape index (κ1) is 12.4. The molecule has 94 valence electrons. The molecule has 1 fully saturated rings. The molecule has 0 amide bonds. The molecule has 2 unspecified atom stereocenters. The highest BCUT2D eigenvalue weighted by molar-refractivity contribution is 5.31. The van der Waals surface area contributed by atoms with Crippen molar-refractivity contribution in [2.75, 3.05) is 13.2 Å². The lowest BCUT2D eigenvalue weighted by Crippen LogP contribution is -2.42. The average molecular weight is 235 g/mol. The van der Waals surface area contributed by atoms with Gasteiger partial charge in [0, 0.05) is 6.04 Å². The number of hydrogen-bond acceptors (Lipinski definition) is 3. The van der Waals surface area contributed by atoms with Crippen LogP contribution in [-0.2, 0) is 5.60 Å². The molecule has 17 heavy (non-hydrogen) atoms. The second-order valence-electron chi connectivity index (χ2n) is 4.75. The molecule has 1 aromatic rings. The fraction of sp³-hybridized carbons (Fsp3) is 0.571. The summed E-state index contributed by atoms with van der Waals surface area (Å²) in [5.74, 6) is 0.853. The molecule has 0 bridgehead atoms. The van der Waals surface area contributed by atoms with E-state index in [-0.39, 0.29) is 6.04 Å². The molecule has 2 rings (SSSR count). The number of nitrogens with one attached hydrogen (secondary N) is 1. The molecule has 2 N–H and O–H groups in total. The van der Waals surface area contributed by atoms with Gasteiger partial charge in [-0.1, -0.05) is 12.1 Å². The predicted octanol–water partition coefficient (Wildman–Crippen LogP) is 2.04. The zero-order valence-corrected chi connectivity index (χ0v) is 10.6. The summed E-state index contributed by atoms with van der Waals surface area (Å²) in [6, 6.07) is 7.89. The molecule has 1 aromatic carbocycles. The van der Waals surface area contributed by atoms with Crippen molar-refractivity contribution >= 4 is 0 Å². The van der Waals surface area contributed by atoms with Gasteiger partial charge in [-0.3, -0.25) is 0 Å². The first-order valence-electron chi connectivity index (χ1n) is 6.33. The van der Waals surface area contributed by atoms with Gasteiger partial charge in [0.2, 0.25) is 0 Å². The molecule has 0 aromatic heterocycles. The van der Waals surface area contributed by atoms with Crippen molar-refractivity contribution in [2.24, 2.45) is 0 Å². The van der Waals surface area contributed by atoms with Crippen LogP contribution in [0.4, 0.5) is 0 Å². The van der Waals surface area contributed by atoms with Gasteiger partial charge in [0.05, 0.1) is 6.61 Å². The van der Waals surface area contributed by atoms with E-state index in [0.29, 0.717) is 6.61 Å². The molecule has 0 saturated carbocycles. The van der Waals surface area contributed by atoms with Gasteiger partial charge in [-0.2, -0.15) is 0 Å². The van der Waals surface area contributed by atoms with Gasteiger partial charge in [-0.15, -0.1) is 0 Å². The third-order valence-corrected chi connectivity index (χ3v) is 3.49. The fourth-order valence-electron chi connectivity index (χ4n) is 2.42. The molecule has 1 aliphatic heterocycles. The lowest BCUT2D eigenvalue weighted by atomic mass is 9.87. The predicted molar refractivity (Wildman–Crippen MR) is 68.2 cm³/mol. The van der Waals surface area contributed by atoms with Crippen LogP contribution in [0.5, 0.6) is 5.75 Å². The van der Waals surface area contributed by atoms with E-state index in [0.717, 1.165) is 30.7 Å². The molecule has 1 aliphatic rings. The highest BCUT2D eigenvalue weighted by atomic mass is 16.5. The SMILES string of the molecule is CCOc1ccc(C(C)(O)C2CCCN2)cc1. The first-order valence-corrected chi connectivity index (χ1v) is 6.33. The van der Waals surface area contributed by atoms with E-state index in [1.807, 2.05) is 38.1 Å². The van der Waals surface area contributed by atoms with Gasteiger partial charge in [-0.25, -0.2) is 0 Å². The van der Waals surface area contributed by atoms with E-state index >= 15 is 0 Å². The highest BCUT2D eigenvalue weighted by Gasteiger charge is 2.35. The molecule has 0 spiro atoms. The van der Waals surface area contributed by atoms with E-state index in [9.17, 15) is 5.11 Å². The molecular weight excluding hydrogens is 214 g/mol. The van der Waals surface area contributed by atoms with Crippen molar-refractivity contribution < 1.29 is 9.84 Å². The number of aliphatic hydroxyl groups is 1. The van der Waals surface area contributed by atoms with Crippen LogP contribution in [0.1, 0.15) is 32.3 Å². The fourth-order valence-corrected chi connectivity index (χ4v) is 2.42. The van der Waals surface area contributed by atoms with Gasteiger partial charge in [0.15, 0.2) is 0 Å². The van der Waals surface area contributed by atoms with E-state index in [1.165, 1.54) is 0 Å². The van der Waals surface area contributed by atoms with Crippen LogP contribution >= 0.6 is 0 Å². The maximum absolute atomic E-state index is 10.6. The summed E-state index contributed by atoms with van der Waals surface area (Å²) in [5.41, 5.74) is 0.140. The van der Waals surface area contributed by atoms with E-state index < -0.39 is 5.60 Å². The Labute approximate surface area is 103 Å². The van der Waals surface area contributed by atoms with Crippen molar-refractivity contribution in [1.29, 1.82) is 0 Å². The summed E-state index contributed by atoms with van der Waals surface area (Å²) >= 11 is 0. The molecular formula is C14H21NO2. The molecule has 2 atom stereocenters. The van der Waals surface area contributed by atoms with Crippen molar-refractivity contribution in [3.05, 3.63) is 29.8 Å². The second-order valence-corrected chi connectivity index (χ2v) is 4.75. The third-order valence-electron chi connectivity index (χ3n) is 3.49. The number of hydrogen-bond donors (Lipinski definition) is 2. The maximum atomic E-state index is 10.6. The number of benzene rings is 1. The summed E-state index contributed by atoms with van der Waals surface area (Å²) in [4.78, 5) is 0. The Bertz CT molecular complexity index is 353. The molecule has 1 saturated heterocycles. The van der Waals surface area contributed by atoms with Gasteiger partial charge in [-0.05, 0) is 50.9 Å². The van der Waals surface area contributed by atoms with E-state index in [2.05, 4.69) is 5.32 Å². The Morgan fingerprint density at radius 2 is 2.12 bits per heavy atom. The highest BCUT2D eigenvalue weighted by Crippen LogP contribution is 2.30. The van der Waals surface area contributed by atoms with Crippen LogP contribution in [0.2, 0.25) is 0 Å². The Morgan fingerprint density at radius 1 is 1.41 bits per heavy atom. The van der Waals surface area contributed by atoms with Crippen LogP contribution in [0.25, 0.3) is 0 Å². The van der Waals surface area contributed by atoms with E-state index in [1.54, 1.807) is 0 Å². The van der Waals surface area contributed by atoms with Gasteiger partial charge < -0.3 is 15.2 Å². The summed E-state index contributed by atoms with van der Waals surface area (Å²) in [5, 5.41) is 14.0. The number of rotatable bonds is 4. The minimum Gasteiger partial charge on any atom is -0.494 e. The van der Waals surface area contributed by atoms with Crippen molar-refractivity contribution in [2.45, 2.75) is 38.3 Å². The molecule has 0 aliphatic carbocycles. The second kappa shape index (κ2) is 5.07. The summed E-state index contributed by atoms with van der Waals surface area (Å²) < 4.78 is 5.40. The van der Waals surface area contributed by atoms with Crippen LogP contribution in [-0.4, -0.2) is 24.3 Å². The monoisotopic (exact) mass is 235 g/mol. The van der Waals surface area contributed by atoms with Crippen LogP contribution in [0.15, 0.2) is 24.3 Å². The van der Waals surface area contributed by atoms with Crippen LogP contribution in [0, 0.1) is 0 Å². The normalized spacial score (nSPS) is 23.4.